The second-order valence-corrected chi connectivity index (χ2v) is 17.5. The second kappa shape index (κ2) is 52.7. The molecule has 0 fully saturated rings. The molecule has 0 saturated carbocycles. The summed E-state index contributed by atoms with van der Waals surface area (Å²) in [5, 5.41) is 0. The van der Waals surface area contributed by atoms with E-state index in [0.717, 1.165) is 33.0 Å². The van der Waals surface area contributed by atoms with Crippen molar-refractivity contribution in [2.75, 3.05) is 52.6 Å². The van der Waals surface area contributed by atoms with E-state index in [-0.39, 0.29) is 24.8 Å². The van der Waals surface area contributed by atoms with E-state index < -0.39 is 0 Å². The molecule has 1 aromatic rings. The minimum absolute atomic E-state index is 0. The maximum atomic E-state index is 5.92. The number of halogens is 2. The summed E-state index contributed by atoms with van der Waals surface area (Å²) < 4.78 is 15.2. The molecule has 0 saturated heterocycles. The molecule has 0 atom stereocenters. The van der Waals surface area contributed by atoms with Gasteiger partial charge in [-0.1, -0.05) is 214 Å². The lowest BCUT2D eigenvalue weighted by molar-refractivity contribution is -0.928. The van der Waals surface area contributed by atoms with Crippen molar-refractivity contribution in [2.45, 2.75) is 253 Å². The summed E-state index contributed by atoms with van der Waals surface area (Å²) in [6.07, 6.45) is 50.9. The average molecular weight is 860 g/mol. The van der Waals surface area contributed by atoms with Gasteiger partial charge in [0.1, 0.15) is 13.1 Å². The van der Waals surface area contributed by atoms with Crippen molar-refractivity contribution in [3.05, 3.63) is 30.6 Å². The Balaban J connectivity index is -0.00000109. The molecular formula is C52H104Cl2N2O2. The number of aromatic nitrogens is 1. The molecule has 348 valence electrons. The molecule has 58 heavy (non-hydrogen) atoms. The summed E-state index contributed by atoms with van der Waals surface area (Å²) in [5.41, 5.74) is 0. The largest absolute Gasteiger partial charge is 1.00 e. The van der Waals surface area contributed by atoms with Crippen LogP contribution in [0.2, 0.25) is 0 Å². The number of aryl methyl sites for hydroxylation is 1. The molecule has 4 nitrogen and oxygen atoms in total. The highest BCUT2D eigenvalue weighted by Gasteiger charge is 2.24. The molecule has 0 unspecified atom stereocenters. The molecule has 6 heteroatoms. The van der Waals surface area contributed by atoms with E-state index >= 15 is 0 Å². The fourth-order valence-corrected chi connectivity index (χ4v) is 8.50. The van der Waals surface area contributed by atoms with E-state index in [9.17, 15) is 0 Å². The van der Waals surface area contributed by atoms with Gasteiger partial charge < -0.3 is 38.8 Å². The normalized spacial score (nSPS) is 11.2. The van der Waals surface area contributed by atoms with Gasteiger partial charge in [-0.2, -0.15) is 0 Å². The molecule has 0 spiro atoms. The predicted octanol–water partition coefficient (Wildman–Crippen LogP) is 9.79. The second-order valence-electron chi connectivity index (χ2n) is 17.5. The Morgan fingerprint density at radius 1 is 0.310 bits per heavy atom. The molecule has 1 heterocycles. The molecular weight excluding hydrogens is 755 g/mol. The van der Waals surface area contributed by atoms with Crippen LogP contribution < -0.4 is 29.4 Å². The minimum atomic E-state index is 0. The summed E-state index contributed by atoms with van der Waals surface area (Å²) in [7, 11) is 0. The molecule has 0 aliphatic heterocycles. The molecule has 0 aromatic carbocycles. The highest BCUT2D eigenvalue weighted by Crippen LogP contribution is 2.15. The molecule has 1 rings (SSSR count). The van der Waals surface area contributed by atoms with Gasteiger partial charge in [-0.25, -0.2) is 4.57 Å². The van der Waals surface area contributed by atoms with Gasteiger partial charge in [0, 0.05) is 25.2 Å². The van der Waals surface area contributed by atoms with Crippen molar-refractivity contribution in [1.82, 2.24) is 0 Å². The topological polar surface area (TPSA) is 22.3 Å². The highest BCUT2D eigenvalue weighted by molar-refractivity contribution is 4.83. The molecule has 0 aliphatic rings. The van der Waals surface area contributed by atoms with Crippen molar-refractivity contribution < 1.29 is 43.3 Å². The van der Waals surface area contributed by atoms with Crippen molar-refractivity contribution in [3.63, 3.8) is 0 Å². The minimum Gasteiger partial charge on any atom is -1.00 e. The zero-order valence-corrected chi connectivity index (χ0v) is 41.6. The number of pyridine rings is 1. The van der Waals surface area contributed by atoms with Crippen LogP contribution in [0.25, 0.3) is 0 Å². The first-order valence-corrected chi connectivity index (χ1v) is 25.6. The Labute approximate surface area is 378 Å². The smallest absolute Gasteiger partial charge is 0.168 e. The summed E-state index contributed by atoms with van der Waals surface area (Å²) in [4.78, 5) is 0. The van der Waals surface area contributed by atoms with Crippen LogP contribution in [-0.2, 0) is 16.0 Å². The first-order valence-electron chi connectivity index (χ1n) is 25.6. The number of nitrogens with zero attached hydrogens (tertiary/aromatic N) is 2. The van der Waals surface area contributed by atoms with Crippen molar-refractivity contribution in [3.8, 4) is 0 Å². The number of hydrogen-bond acceptors (Lipinski definition) is 2. The van der Waals surface area contributed by atoms with Crippen molar-refractivity contribution in [1.29, 1.82) is 0 Å². The number of quaternary nitrogens is 1. The first-order chi connectivity index (χ1) is 27.7. The third kappa shape index (κ3) is 45.1. The third-order valence-corrected chi connectivity index (χ3v) is 11.9. The molecule has 0 radical (unpaired) electrons. The van der Waals surface area contributed by atoms with Gasteiger partial charge in [0.05, 0.1) is 39.5 Å². The van der Waals surface area contributed by atoms with Gasteiger partial charge >= 0.3 is 0 Å². The Bertz CT molecular complexity index is 829. The van der Waals surface area contributed by atoms with Gasteiger partial charge in [-0.15, -0.1) is 0 Å². The van der Waals surface area contributed by atoms with Gasteiger partial charge in [-0.3, -0.25) is 0 Å². The zero-order valence-electron chi connectivity index (χ0n) is 40.1. The number of hydrogen-bond donors (Lipinski definition) is 0. The van der Waals surface area contributed by atoms with Crippen LogP contribution in [0.4, 0.5) is 0 Å². The standard InChI is InChI=1S/C31H66NO2.C21H38N.2ClH/c1-5-9-10-11-12-13-14-15-16-17-18-19-20-21-22-23-28-33-30-31-34-29-27-32(24-6-2,25-7-3)26-8-4;1-2-3-4-5-6-7-8-9-10-11-12-13-14-16-19-22-20-17-15-18-21-22;;/h5-31H2,1-4H3;15,17-18,20-21H,2-14,16,19H2,1H3;2*1H/q2*+1;;/p-2. The molecule has 0 bridgehead atoms. The molecule has 0 aliphatic carbocycles. The summed E-state index contributed by atoms with van der Waals surface area (Å²) in [6, 6.07) is 6.31. The molecule has 0 N–H and O–H groups in total. The lowest BCUT2D eigenvalue weighted by Crippen LogP contribution is -3.00. The first kappa shape index (κ1) is 61.9. The summed E-state index contributed by atoms with van der Waals surface area (Å²) in [5.74, 6) is 0. The van der Waals surface area contributed by atoms with E-state index in [1.807, 2.05) is 0 Å². The number of unbranched alkanes of at least 4 members (excludes halogenated alkanes) is 28. The fourth-order valence-electron chi connectivity index (χ4n) is 8.50. The zero-order chi connectivity index (χ0) is 40.7. The van der Waals surface area contributed by atoms with E-state index in [0.29, 0.717) is 0 Å². The Hall–Kier alpha value is -0.390. The van der Waals surface area contributed by atoms with Gasteiger partial charge in [-0.05, 0) is 32.1 Å². The number of rotatable bonds is 44. The van der Waals surface area contributed by atoms with E-state index in [4.69, 9.17) is 9.47 Å². The maximum Gasteiger partial charge on any atom is 0.168 e. The van der Waals surface area contributed by atoms with E-state index in [1.54, 1.807) is 0 Å². The quantitative estimate of drug-likeness (QED) is 0.0371. The highest BCUT2D eigenvalue weighted by atomic mass is 35.5. The lowest BCUT2D eigenvalue weighted by atomic mass is 10.0. The number of ether oxygens (including phenoxy) is 2. The van der Waals surface area contributed by atoms with E-state index in [1.165, 1.54) is 243 Å². The Morgan fingerprint density at radius 2 is 0.621 bits per heavy atom. The fraction of sp³-hybridized carbons (Fsp3) is 0.904. The van der Waals surface area contributed by atoms with Gasteiger partial charge in [0.25, 0.3) is 0 Å². The van der Waals surface area contributed by atoms with Gasteiger partial charge in [0.15, 0.2) is 12.4 Å². The van der Waals surface area contributed by atoms with Crippen LogP contribution in [0, 0.1) is 0 Å². The molecule has 1 aromatic heterocycles. The SMILES string of the molecule is CCCCCCCCCCCCCCCCCCOCCOCC[N+](CCC)(CCC)CCC.CCCCCCCCCCCCCCCC[n+]1ccccc1.[Cl-].[Cl-]. The van der Waals surface area contributed by atoms with Crippen LogP contribution in [-0.4, -0.2) is 57.1 Å². The molecule has 0 amide bonds. The predicted molar refractivity (Wildman–Crippen MR) is 249 cm³/mol. The monoisotopic (exact) mass is 859 g/mol. The lowest BCUT2D eigenvalue weighted by Gasteiger charge is -2.38. The van der Waals surface area contributed by atoms with E-state index in [2.05, 4.69) is 69.8 Å². The van der Waals surface area contributed by atoms with Crippen LogP contribution in [0.1, 0.15) is 247 Å². The maximum absolute atomic E-state index is 5.92. The Kier molecular flexibility index (Phi) is 56.3. The summed E-state index contributed by atoms with van der Waals surface area (Å²) in [6.45, 7) is 21.0. The third-order valence-electron chi connectivity index (χ3n) is 11.9. The van der Waals surface area contributed by atoms with Crippen LogP contribution in [0.15, 0.2) is 30.6 Å². The van der Waals surface area contributed by atoms with Crippen molar-refractivity contribution in [2.24, 2.45) is 0 Å². The van der Waals surface area contributed by atoms with Crippen LogP contribution in [0.3, 0.4) is 0 Å². The summed E-state index contributed by atoms with van der Waals surface area (Å²) >= 11 is 0. The van der Waals surface area contributed by atoms with Crippen LogP contribution >= 0.6 is 0 Å². The van der Waals surface area contributed by atoms with Crippen LogP contribution in [0.5, 0.6) is 0 Å². The van der Waals surface area contributed by atoms with Crippen molar-refractivity contribution >= 4 is 0 Å². The van der Waals surface area contributed by atoms with Gasteiger partial charge in [0.2, 0.25) is 0 Å². The Morgan fingerprint density at radius 3 is 0.966 bits per heavy atom. The average Bonchev–Trinajstić information content (AvgIpc) is 3.21.